The molecule has 1 aromatic carbocycles. The molecule has 0 aliphatic rings. The van der Waals surface area contributed by atoms with Crippen LogP contribution < -0.4 is 0 Å². The van der Waals surface area contributed by atoms with Crippen molar-refractivity contribution in [1.82, 2.24) is 0 Å². The predicted molar refractivity (Wildman–Crippen MR) is 55.2 cm³/mol. The molecule has 0 spiro atoms. The highest BCUT2D eigenvalue weighted by atomic mass is 19.2. The van der Waals surface area contributed by atoms with E-state index in [0.717, 1.165) is 12.1 Å². The minimum absolute atomic E-state index is 0.116. The van der Waals surface area contributed by atoms with E-state index < -0.39 is 17.5 Å². The number of carbonyl (C=O) groups excluding carboxylic acids is 1. The number of halogens is 3. The second-order valence-corrected chi connectivity index (χ2v) is 3.69. The lowest BCUT2D eigenvalue weighted by Crippen LogP contribution is -2.01. The van der Waals surface area contributed by atoms with Crippen LogP contribution in [0.15, 0.2) is 18.2 Å². The van der Waals surface area contributed by atoms with Gasteiger partial charge in [-0.25, -0.2) is 13.2 Å². The third kappa shape index (κ3) is 2.95. The first kappa shape index (κ1) is 12.5. The largest absolute Gasteiger partial charge is 0.295 e. The maximum Gasteiger partial charge on any atom is 0.194 e. The summed E-state index contributed by atoms with van der Waals surface area (Å²) in [6.07, 6.45) is 2.48. The molecule has 0 aliphatic heterocycles. The van der Waals surface area contributed by atoms with Gasteiger partial charge in [0.05, 0.1) is 0 Å². The van der Waals surface area contributed by atoms with Crippen LogP contribution in [0.5, 0.6) is 0 Å². The van der Waals surface area contributed by atoms with Crippen molar-refractivity contribution >= 4 is 11.9 Å². The Morgan fingerprint density at radius 3 is 2.12 bits per heavy atom. The van der Waals surface area contributed by atoms with E-state index in [0.29, 0.717) is 0 Å². The van der Waals surface area contributed by atoms with Crippen molar-refractivity contribution in [3.05, 3.63) is 41.2 Å². The van der Waals surface area contributed by atoms with E-state index in [9.17, 15) is 18.0 Å². The van der Waals surface area contributed by atoms with Crippen LogP contribution in [-0.4, -0.2) is 5.78 Å². The molecule has 0 bridgehead atoms. The SMILES string of the molecule is CC(C)C(=O)C=Cc1cc(F)c(F)c(F)c1. The quantitative estimate of drug-likeness (QED) is 0.572. The monoisotopic (exact) mass is 228 g/mol. The number of benzene rings is 1. The van der Waals surface area contributed by atoms with Crippen LogP contribution in [0.3, 0.4) is 0 Å². The molecule has 0 saturated carbocycles. The zero-order valence-electron chi connectivity index (χ0n) is 8.93. The lowest BCUT2D eigenvalue weighted by molar-refractivity contribution is -0.117. The van der Waals surface area contributed by atoms with Crippen LogP contribution in [0, 0.1) is 23.4 Å². The summed E-state index contributed by atoms with van der Waals surface area (Å²) in [6, 6.07) is 1.67. The number of allylic oxidation sites excluding steroid dienone is 1. The number of rotatable bonds is 3. The maximum atomic E-state index is 12.8. The average molecular weight is 228 g/mol. The molecule has 0 saturated heterocycles. The fraction of sp³-hybridized carbons (Fsp3) is 0.250. The van der Waals surface area contributed by atoms with Gasteiger partial charge >= 0.3 is 0 Å². The van der Waals surface area contributed by atoms with Crippen molar-refractivity contribution in [3.63, 3.8) is 0 Å². The summed E-state index contributed by atoms with van der Waals surface area (Å²) in [6.45, 7) is 3.41. The molecule has 1 rings (SSSR count). The van der Waals surface area contributed by atoms with E-state index in [2.05, 4.69) is 0 Å². The first-order valence-corrected chi connectivity index (χ1v) is 4.78. The van der Waals surface area contributed by atoms with Crippen LogP contribution in [-0.2, 0) is 4.79 Å². The normalized spacial score (nSPS) is 11.4. The molecule has 0 heterocycles. The van der Waals surface area contributed by atoms with Crippen LogP contribution in [0.25, 0.3) is 6.08 Å². The summed E-state index contributed by atoms with van der Waals surface area (Å²) in [5.74, 6) is -4.39. The highest BCUT2D eigenvalue weighted by Gasteiger charge is 2.09. The van der Waals surface area contributed by atoms with E-state index in [1.165, 1.54) is 12.2 Å². The van der Waals surface area contributed by atoms with Gasteiger partial charge in [-0.3, -0.25) is 4.79 Å². The fourth-order valence-corrected chi connectivity index (χ4v) is 1.04. The molecule has 0 aromatic heterocycles. The van der Waals surface area contributed by atoms with E-state index in [-0.39, 0.29) is 17.3 Å². The minimum atomic E-state index is -1.51. The first-order valence-electron chi connectivity index (χ1n) is 4.78. The summed E-state index contributed by atoms with van der Waals surface area (Å²) in [5.41, 5.74) is 0.116. The first-order chi connectivity index (χ1) is 7.41. The van der Waals surface area contributed by atoms with Gasteiger partial charge < -0.3 is 0 Å². The number of hydrogen-bond acceptors (Lipinski definition) is 1. The third-order valence-corrected chi connectivity index (χ3v) is 2.02. The van der Waals surface area contributed by atoms with Crippen LogP contribution in [0.1, 0.15) is 19.4 Å². The highest BCUT2D eigenvalue weighted by molar-refractivity contribution is 5.94. The molecule has 1 nitrogen and oxygen atoms in total. The molecule has 0 unspecified atom stereocenters. The zero-order chi connectivity index (χ0) is 12.3. The van der Waals surface area contributed by atoms with Gasteiger partial charge in [0.25, 0.3) is 0 Å². The van der Waals surface area contributed by atoms with Crippen LogP contribution >= 0.6 is 0 Å². The lowest BCUT2D eigenvalue weighted by atomic mass is 10.1. The summed E-state index contributed by atoms with van der Waals surface area (Å²) in [7, 11) is 0. The molecule has 86 valence electrons. The molecule has 0 amide bonds. The Labute approximate surface area is 91.6 Å². The molecule has 0 N–H and O–H groups in total. The Kier molecular flexibility index (Phi) is 3.88. The van der Waals surface area contributed by atoms with Crippen molar-refractivity contribution < 1.29 is 18.0 Å². The van der Waals surface area contributed by atoms with Crippen LogP contribution in [0.4, 0.5) is 13.2 Å². The van der Waals surface area contributed by atoms with Crippen molar-refractivity contribution in [3.8, 4) is 0 Å². The Morgan fingerprint density at radius 1 is 1.19 bits per heavy atom. The van der Waals surface area contributed by atoms with Crippen LogP contribution in [0.2, 0.25) is 0 Å². The molecule has 16 heavy (non-hydrogen) atoms. The molecule has 0 atom stereocenters. The van der Waals surface area contributed by atoms with Gasteiger partial charge in [0.2, 0.25) is 0 Å². The van der Waals surface area contributed by atoms with Gasteiger partial charge in [0.15, 0.2) is 23.2 Å². The lowest BCUT2D eigenvalue weighted by Gasteiger charge is -1.99. The predicted octanol–water partition coefficient (Wildman–Crippen LogP) is 3.34. The zero-order valence-corrected chi connectivity index (χ0v) is 8.93. The van der Waals surface area contributed by atoms with Gasteiger partial charge in [0.1, 0.15) is 0 Å². The van der Waals surface area contributed by atoms with Crippen molar-refractivity contribution in [2.24, 2.45) is 5.92 Å². The summed E-state index contributed by atoms with van der Waals surface area (Å²) in [5, 5.41) is 0. The van der Waals surface area contributed by atoms with Gasteiger partial charge in [-0.2, -0.15) is 0 Å². The summed E-state index contributed by atoms with van der Waals surface area (Å²) in [4.78, 5) is 11.2. The second kappa shape index (κ2) is 4.96. The molecule has 1 aromatic rings. The van der Waals surface area contributed by atoms with E-state index in [1.54, 1.807) is 13.8 Å². The van der Waals surface area contributed by atoms with E-state index >= 15 is 0 Å². The second-order valence-electron chi connectivity index (χ2n) is 3.69. The van der Waals surface area contributed by atoms with Crippen molar-refractivity contribution in [1.29, 1.82) is 0 Å². The topological polar surface area (TPSA) is 17.1 Å². The standard InChI is InChI=1S/C12H11F3O/c1-7(2)11(16)4-3-8-5-9(13)12(15)10(14)6-8/h3-7H,1-2H3. The Balaban J connectivity index is 2.95. The maximum absolute atomic E-state index is 12.8. The van der Waals surface area contributed by atoms with Gasteiger partial charge in [-0.15, -0.1) is 0 Å². The van der Waals surface area contributed by atoms with Crippen molar-refractivity contribution in [2.45, 2.75) is 13.8 Å². The van der Waals surface area contributed by atoms with Gasteiger partial charge in [-0.05, 0) is 23.8 Å². The molecule has 0 aliphatic carbocycles. The molecular weight excluding hydrogens is 217 g/mol. The van der Waals surface area contributed by atoms with Crippen molar-refractivity contribution in [2.75, 3.05) is 0 Å². The minimum Gasteiger partial charge on any atom is -0.295 e. The number of ketones is 1. The highest BCUT2D eigenvalue weighted by Crippen LogP contribution is 2.14. The molecule has 0 radical (unpaired) electrons. The summed E-state index contributed by atoms with van der Waals surface area (Å²) >= 11 is 0. The van der Waals surface area contributed by atoms with Gasteiger partial charge in [0, 0.05) is 5.92 Å². The number of hydrogen-bond donors (Lipinski definition) is 0. The molecule has 0 fully saturated rings. The van der Waals surface area contributed by atoms with E-state index in [4.69, 9.17) is 0 Å². The van der Waals surface area contributed by atoms with Gasteiger partial charge in [-0.1, -0.05) is 19.9 Å². The van der Waals surface area contributed by atoms with E-state index in [1.807, 2.05) is 0 Å². The average Bonchev–Trinajstić information content (AvgIpc) is 2.22. The third-order valence-electron chi connectivity index (χ3n) is 2.02. The Bertz CT molecular complexity index is 413. The summed E-state index contributed by atoms with van der Waals surface area (Å²) < 4.78 is 38.2. The number of carbonyl (C=O) groups is 1. The smallest absolute Gasteiger partial charge is 0.194 e. The fourth-order valence-electron chi connectivity index (χ4n) is 1.04. The Hall–Kier alpha value is -1.58. The molecular formula is C12H11F3O. The Morgan fingerprint density at radius 2 is 1.69 bits per heavy atom. The molecule has 4 heteroatoms.